The summed E-state index contributed by atoms with van der Waals surface area (Å²) >= 11 is 0. The average Bonchev–Trinajstić information content (AvgIpc) is 2.84. The van der Waals surface area contributed by atoms with Crippen molar-refractivity contribution in [3.63, 3.8) is 0 Å². The molecule has 4 rings (SSSR count). The van der Waals surface area contributed by atoms with E-state index in [4.69, 9.17) is 5.41 Å². The van der Waals surface area contributed by atoms with Crippen molar-refractivity contribution in [1.82, 2.24) is 29.9 Å². The van der Waals surface area contributed by atoms with Crippen LogP contribution in [-0.4, -0.2) is 61.6 Å². The van der Waals surface area contributed by atoms with E-state index >= 15 is 0 Å². The molecule has 35 heavy (non-hydrogen) atoms. The van der Waals surface area contributed by atoms with Crippen LogP contribution in [0.25, 0.3) is 22.8 Å². The van der Waals surface area contributed by atoms with Crippen molar-refractivity contribution in [2.45, 2.75) is 16.2 Å². The first kappa shape index (κ1) is 24.1. The van der Waals surface area contributed by atoms with E-state index in [1.54, 1.807) is 0 Å². The molecule has 15 heteroatoms. The van der Waals surface area contributed by atoms with Gasteiger partial charge in [-0.2, -0.15) is 16.8 Å². The van der Waals surface area contributed by atoms with Gasteiger partial charge in [-0.1, -0.05) is 24.3 Å². The fraction of sp³-hybridized carbons (Fsp3) is 0.0500. The van der Waals surface area contributed by atoms with Crippen LogP contribution in [0, 0.1) is 5.41 Å². The van der Waals surface area contributed by atoms with Gasteiger partial charge < -0.3 is 5.41 Å². The van der Waals surface area contributed by atoms with Crippen molar-refractivity contribution in [3.05, 3.63) is 72.8 Å². The van der Waals surface area contributed by atoms with Gasteiger partial charge in [0.1, 0.15) is 30.2 Å². The summed E-state index contributed by atoms with van der Waals surface area (Å²) in [5, 5.41) is 8.46. The summed E-state index contributed by atoms with van der Waals surface area (Å²) in [5.41, 5.74) is 0.0245. The Morgan fingerprint density at radius 3 is 1.66 bits per heavy atom. The summed E-state index contributed by atoms with van der Waals surface area (Å²) in [6, 6.07) is 7.80. The second-order valence-corrected chi connectivity index (χ2v) is 9.84. The standard InChI is InChI=1S/C20H15N7O6S2/c21-16(15-4-3-14(7-18(15)35(31,32)33)20-26-10-23-11-27-20)5-12-1-2-13(6-17(12)34(28,29)30)19-24-8-22-9-25-19/h1-4,6-11,21H,5H2,(H,28,29,30)(H,31,32,33). The number of benzene rings is 2. The van der Waals surface area contributed by atoms with Crippen LogP contribution in [0.4, 0.5) is 0 Å². The van der Waals surface area contributed by atoms with E-state index in [9.17, 15) is 25.9 Å². The largest absolute Gasteiger partial charge is 0.304 e. The van der Waals surface area contributed by atoms with E-state index in [0.29, 0.717) is 0 Å². The lowest BCUT2D eigenvalue weighted by atomic mass is 9.99. The monoisotopic (exact) mass is 513 g/mol. The second kappa shape index (κ2) is 9.30. The normalized spacial score (nSPS) is 11.8. The van der Waals surface area contributed by atoms with Crippen molar-refractivity contribution in [1.29, 1.82) is 5.41 Å². The van der Waals surface area contributed by atoms with E-state index in [0.717, 1.165) is 12.1 Å². The minimum absolute atomic E-state index is 0.0122. The lowest BCUT2D eigenvalue weighted by Crippen LogP contribution is -2.13. The lowest BCUT2D eigenvalue weighted by molar-refractivity contribution is 0.480. The zero-order valence-electron chi connectivity index (χ0n) is 17.5. The number of hydrogen-bond donors (Lipinski definition) is 3. The fourth-order valence-electron chi connectivity index (χ4n) is 3.27. The number of nitrogens with zero attached hydrogens (tertiary/aromatic N) is 6. The minimum Gasteiger partial charge on any atom is -0.304 e. The molecule has 0 spiro atoms. The van der Waals surface area contributed by atoms with Crippen molar-refractivity contribution < 1.29 is 25.9 Å². The highest BCUT2D eigenvalue weighted by Gasteiger charge is 2.23. The zero-order chi connectivity index (χ0) is 25.2. The van der Waals surface area contributed by atoms with Crippen LogP contribution in [-0.2, 0) is 26.7 Å². The molecular weight excluding hydrogens is 498 g/mol. The van der Waals surface area contributed by atoms with Crippen molar-refractivity contribution in [2.24, 2.45) is 0 Å². The summed E-state index contributed by atoms with van der Waals surface area (Å²) in [4.78, 5) is 22.0. The molecule has 0 fully saturated rings. The molecule has 3 N–H and O–H groups in total. The molecule has 0 unspecified atom stereocenters. The van der Waals surface area contributed by atoms with Gasteiger partial charge in [-0.05, 0) is 17.7 Å². The Labute approximate surface area is 199 Å². The number of hydrogen-bond acceptors (Lipinski definition) is 11. The Bertz CT molecular complexity index is 1630. The molecule has 0 aliphatic rings. The van der Waals surface area contributed by atoms with Crippen LogP contribution in [0.15, 0.2) is 71.5 Å². The third kappa shape index (κ3) is 5.38. The maximum absolute atomic E-state index is 12.1. The molecule has 0 bridgehead atoms. The van der Waals surface area contributed by atoms with Gasteiger partial charge in [-0.25, -0.2) is 29.9 Å². The third-order valence-electron chi connectivity index (χ3n) is 4.80. The van der Waals surface area contributed by atoms with Gasteiger partial charge in [0.2, 0.25) is 0 Å². The Balaban J connectivity index is 1.76. The van der Waals surface area contributed by atoms with Gasteiger partial charge in [0.05, 0.1) is 4.90 Å². The molecule has 0 amide bonds. The van der Waals surface area contributed by atoms with E-state index in [-0.39, 0.29) is 46.0 Å². The minimum atomic E-state index is -4.78. The smallest absolute Gasteiger partial charge is 0.295 e. The van der Waals surface area contributed by atoms with Crippen LogP contribution < -0.4 is 0 Å². The highest BCUT2D eigenvalue weighted by atomic mass is 32.2. The van der Waals surface area contributed by atoms with Crippen LogP contribution in [0.5, 0.6) is 0 Å². The van der Waals surface area contributed by atoms with E-state index in [1.807, 2.05) is 0 Å². The van der Waals surface area contributed by atoms with Gasteiger partial charge in [-0.15, -0.1) is 0 Å². The highest BCUT2D eigenvalue weighted by molar-refractivity contribution is 7.86. The highest BCUT2D eigenvalue weighted by Crippen LogP contribution is 2.27. The molecule has 0 radical (unpaired) electrons. The van der Waals surface area contributed by atoms with Gasteiger partial charge in [0.15, 0.2) is 11.6 Å². The molecule has 0 aliphatic carbocycles. The van der Waals surface area contributed by atoms with E-state index in [1.165, 1.54) is 49.6 Å². The summed E-state index contributed by atoms with van der Waals surface area (Å²) in [7, 11) is -9.52. The molecule has 178 valence electrons. The van der Waals surface area contributed by atoms with Crippen molar-refractivity contribution in [2.75, 3.05) is 0 Å². The summed E-state index contributed by atoms with van der Waals surface area (Å²) in [6.07, 6.45) is 4.47. The third-order valence-corrected chi connectivity index (χ3v) is 6.63. The SMILES string of the molecule is N=C(Cc1ccc(-c2ncncn2)cc1S(=O)(=O)O)c1ccc(-c2ncncn2)cc1S(=O)(=O)O. The second-order valence-electron chi connectivity index (χ2n) is 7.06. The summed E-state index contributed by atoms with van der Waals surface area (Å²) in [5.74, 6) is 0.305. The number of aromatic nitrogens is 6. The Morgan fingerprint density at radius 2 is 1.17 bits per heavy atom. The van der Waals surface area contributed by atoms with E-state index in [2.05, 4.69) is 29.9 Å². The van der Waals surface area contributed by atoms with E-state index < -0.39 is 30.0 Å². The Hall–Kier alpha value is -4.05. The lowest BCUT2D eigenvalue weighted by Gasteiger charge is -2.13. The molecule has 4 aromatic rings. The predicted octanol–water partition coefficient (Wildman–Crippen LogP) is 1.49. The molecule has 0 atom stereocenters. The first-order valence-corrected chi connectivity index (χ1v) is 12.5. The predicted molar refractivity (Wildman–Crippen MR) is 121 cm³/mol. The number of nitrogens with one attached hydrogen (secondary N) is 1. The van der Waals surface area contributed by atoms with Crippen LogP contribution in [0.3, 0.4) is 0 Å². The zero-order valence-corrected chi connectivity index (χ0v) is 19.1. The molecule has 0 saturated carbocycles. The van der Waals surface area contributed by atoms with Crippen LogP contribution >= 0.6 is 0 Å². The van der Waals surface area contributed by atoms with Gasteiger partial charge >= 0.3 is 0 Å². The van der Waals surface area contributed by atoms with Crippen molar-refractivity contribution >= 4 is 25.9 Å². The Kier molecular flexibility index (Phi) is 6.40. The molecule has 13 nitrogen and oxygen atoms in total. The molecule has 2 heterocycles. The quantitative estimate of drug-likeness (QED) is 0.237. The molecule has 2 aromatic carbocycles. The molecule has 0 aliphatic heterocycles. The maximum Gasteiger partial charge on any atom is 0.295 e. The molecular formula is C20H15N7O6S2. The molecule has 0 saturated heterocycles. The topological polar surface area (TPSA) is 210 Å². The molecule has 2 aromatic heterocycles. The van der Waals surface area contributed by atoms with Crippen LogP contribution in [0.1, 0.15) is 11.1 Å². The van der Waals surface area contributed by atoms with Crippen LogP contribution in [0.2, 0.25) is 0 Å². The first-order chi connectivity index (χ1) is 16.5. The first-order valence-electron chi connectivity index (χ1n) is 9.58. The Morgan fingerprint density at radius 1 is 0.714 bits per heavy atom. The van der Waals surface area contributed by atoms with Gasteiger partial charge in [-0.3, -0.25) is 9.11 Å². The fourth-order valence-corrected chi connectivity index (χ4v) is 4.76. The maximum atomic E-state index is 12.1. The average molecular weight is 514 g/mol. The van der Waals surface area contributed by atoms with Crippen molar-refractivity contribution in [3.8, 4) is 22.8 Å². The number of rotatable bonds is 7. The van der Waals surface area contributed by atoms with Gasteiger partial charge in [0.25, 0.3) is 20.2 Å². The summed E-state index contributed by atoms with van der Waals surface area (Å²) in [6.45, 7) is 0. The summed E-state index contributed by atoms with van der Waals surface area (Å²) < 4.78 is 67.8. The van der Waals surface area contributed by atoms with Gasteiger partial charge in [0, 0.05) is 28.8 Å².